The predicted molar refractivity (Wildman–Crippen MR) is 73.8 cm³/mol. The quantitative estimate of drug-likeness (QED) is 0.650. The molecule has 95 valence electrons. The maximum atomic E-state index is 11.2. The van der Waals surface area contributed by atoms with E-state index in [1.165, 1.54) is 19.1 Å². The summed E-state index contributed by atoms with van der Waals surface area (Å²) in [5.74, 6) is -0.251. The monoisotopic (exact) mass is 288 g/mol. The Balaban J connectivity index is 0.00000180. The number of hydrogen-bond acceptors (Lipinski definition) is 3. The maximum Gasteiger partial charge on any atom is 0.295 e. The van der Waals surface area contributed by atoms with Crippen molar-refractivity contribution in [3.8, 4) is 0 Å². The van der Waals surface area contributed by atoms with Gasteiger partial charge in [0.1, 0.15) is 4.90 Å². The average Bonchev–Trinajstić information content (AvgIpc) is 2.26. The van der Waals surface area contributed by atoms with Crippen LogP contribution in [0.3, 0.4) is 0 Å². The summed E-state index contributed by atoms with van der Waals surface area (Å²) >= 11 is 0. The van der Waals surface area contributed by atoms with Crippen LogP contribution in [0.4, 0.5) is 5.69 Å². The van der Waals surface area contributed by atoms with Gasteiger partial charge in [-0.2, -0.15) is 8.42 Å². The van der Waals surface area contributed by atoms with Crippen LogP contribution in [0.25, 0.3) is 10.8 Å². The Hall–Kier alpha value is -0.920. The first-order valence-corrected chi connectivity index (χ1v) is 6.60. The molecule has 0 heterocycles. The number of rotatable bonds is 2. The fraction of sp³-hybridized carbons (Fsp3) is 0.0833. The van der Waals surface area contributed by atoms with Crippen LogP contribution in [0.2, 0.25) is 0 Å². The largest absolute Gasteiger partial charge is 0.326 e. The van der Waals surface area contributed by atoms with E-state index in [0.29, 0.717) is 16.5 Å². The van der Waals surface area contributed by atoms with Crippen LogP contribution in [-0.4, -0.2) is 48.4 Å². The van der Waals surface area contributed by atoms with Gasteiger partial charge in [-0.1, -0.05) is 18.2 Å². The average molecular weight is 288 g/mol. The molecule has 0 saturated heterocycles. The predicted octanol–water partition coefficient (Wildman–Crippen LogP) is 1.66. The number of benzene rings is 2. The summed E-state index contributed by atoms with van der Waals surface area (Å²) in [5, 5.41) is 3.59. The molecule has 7 heteroatoms. The van der Waals surface area contributed by atoms with Crippen molar-refractivity contribution in [1.29, 1.82) is 0 Å². The normalized spacial score (nSPS) is 10.8. The van der Waals surface area contributed by atoms with E-state index in [9.17, 15) is 13.2 Å². The Morgan fingerprint density at radius 3 is 2.47 bits per heavy atom. The van der Waals surface area contributed by atoms with Crippen LogP contribution in [0.1, 0.15) is 6.92 Å². The first-order chi connectivity index (χ1) is 8.38. The second kappa shape index (κ2) is 6.02. The summed E-state index contributed by atoms with van der Waals surface area (Å²) in [7, 11) is -4.29. The van der Waals surface area contributed by atoms with Crippen LogP contribution < -0.4 is 5.32 Å². The third-order valence-electron chi connectivity index (χ3n) is 2.44. The van der Waals surface area contributed by atoms with Crippen molar-refractivity contribution in [2.45, 2.75) is 11.8 Å². The molecule has 19 heavy (non-hydrogen) atoms. The van der Waals surface area contributed by atoms with Crippen molar-refractivity contribution >= 4 is 62.0 Å². The number of hydrogen-bond donors (Lipinski definition) is 2. The number of fused-ring (bicyclic) bond motifs is 1. The van der Waals surface area contributed by atoms with Crippen LogP contribution in [0, 0.1) is 0 Å². The second-order valence-electron chi connectivity index (χ2n) is 3.85. The van der Waals surface area contributed by atoms with Crippen molar-refractivity contribution in [3.63, 3.8) is 0 Å². The van der Waals surface area contributed by atoms with Gasteiger partial charge in [0.15, 0.2) is 0 Å². The minimum atomic E-state index is -4.29. The SMILES string of the molecule is CC(=O)Nc1ccc2cccc(S(=O)(=O)O)c2c1.[Na]. The van der Waals surface area contributed by atoms with Crippen LogP contribution in [0.5, 0.6) is 0 Å². The molecule has 0 aliphatic heterocycles. The van der Waals surface area contributed by atoms with Crippen LogP contribution >= 0.6 is 0 Å². The van der Waals surface area contributed by atoms with Gasteiger partial charge in [0.25, 0.3) is 10.1 Å². The smallest absolute Gasteiger partial charge is 0.295 e. The van der Waals surface area contributed by atoms with Gasteiger partial charge in [0.2, 0.25) is 5.91 Å². The molecular formula is C12H11NNaO4S. The zero-order chi connectivity index (χ0) is 13.3. The van der Waals surface area contributed by atoms with E-state index in [0.717, 1.165) is 0 Å². The molecule has 0 fully saturated rings. The molecule has 0 aliphatic rings. The zero-order valence-electron chi connectivity index (χ0n) is 10.5. The Morgan fingerprint density at radius 1 is 1.21 bits per heavy atom. The van der Waals surface area contributed by atoms with Gasteiger partial charge in [0.05, 0.1) is 0 Å². The van der Waals surface area contributed by atoms with Crippen LogP contribution in [-0.2, 0) is 14.9 Å². The number of nitrogens with one attached hydrogen (secondary N) is 1. The van der Waals surface area contributed by atoms with Gasteiger partial charge in [-0.25, -0.2) is 0 Å². The van der Waals surface area contributed by atoms with E-state index in [-0.39, 0.29) is 40.4 Å². The summed E-state index contributed by atoms with van der Waals surface area (Å²) in [6.07, 6.45) is 0. The molecule has 0 bridgehead atoms. The van der Waals surface area contributed by atoms with Gasteiger partial charge in [-0.05, 0) is 23.6 Å². The topological polar surface area (TPSA) is 83.5 Å². The van der Waals surface area contributed by atoms with E-state index in [1.54, 1.807) is 24.3 Å². The Bertz CT molecular complexity index is 728. The molecule has 0 unspecified atom stereocenters. The van der Waals surface area contributed by atoms with E-state index in [1.807, 2.05) is 0 Å². The Labute approximate surface area is 133 Å². The molecular weight excluding hydrogens is 277 g/mol. The number of amides is 1. The molecule has 1 radical (unpaired) electrons. The van der Waals surface area contributed by atoms with Crippen molar-refractivity contribution in [2.24, 2.45) is 0 Å². The van der Waals surface area contributed by atoms with Crippen molar-refractivity contribution in [2.75, 3.05) is 5.32 Å². The molecule has 0 spiro atoms. The molecule has 1 amide bonds. The summed E-state index contributed by atoms with van der Waals surface area (Å²) < 4.78 is 31.6. The second-order valence-corrected chi connectivity index (χ2v) is 5.24. The molecule has 0 aliphatic carbocycles. The Morgan fingerprint density at radius 2 is 1.89 bits per heavy atom. The minimum absolute atomic E-state index is 0. The van der Waals surface area contributed by atoms with Crippen LogP contribution in [0.15, 0.2) is 41.3 Å². The summed E-state index contributed by atoms with van der Waals surface area (Å²) in [5.41, 5.74) is 0.478. The van der Waals surface area contributed by atoms with Crippen molar-refractivity contribution in [1.82, 2.24) is 0 Å². The van der Waals surface area contributed by atoms with Gasteiger partial charge >= 0.3 is 0 Å². The van der Waals surface area contributed by atoms with Gasteiger partial charge in [-0.15, -0.1) is 0 Å². The fourth-order valence-corrected chi connectivity index (χ4v) is 2.46. The third-order valence-corrected chi connectivity index (χ3v) is 3.35. The first-order valence-electron chi connectivity index (χ1n) is 5.16. The van der Waals surface area contributed by atoms with E-state index >= 15 is 0 Å². The molecule has 0 saturated carbocycles. The molecule has 2 rings (SSSR count). The standard InChI is InChI=1S/C12H11NO4S.Na/c1-8(14)13-10-6-5-9-3-2-4-12(11(9)7-10)18(15,16)17;/h2-7H,1H3,(H,13,14)(H,15,16,17);. The zero-order valence-corrected chi connectivity index (χ0v) is 13.4. The van der Waals surface area contributed by atoms with E-state index in [4.69, 9.17) is 4.55 Å². The third kappa shape index (κ3) is 3.77. The molecule has 0 atom stereocenters. The van der Waals surface area contributed by atoms with E-state index in [2.05, 4.69) is 5.32 Å². The molecule has 2 aromatic carbocycles. The molecule has 5 nitrogen and oxygen atoms in total. The first kappa shape index (κ1) is 16.1. The Kier molecular flexibility index (Phi) is 5.11. The number of carbonyl (C=O) groups excluding carboxylic acids is 1. The van der Waals surface area contributed by atoms with Gasteiger partial charge < -0.3 is 5.32 Å². The van der Waals surface area contributed by atoms with Gasteiger partial charge in [-0.3, -0.25) is 9.35 Å². The number of carbonyl (C=O) groups is 1. The molecule has 2 N–H and O–H groups in total. The maximum absolute atomic E-state index is 11.2. The summed E-state index contributed by atoms with van der Waals surface area (Å²) in [4.78, 5) is 10.8. The molecule has 2 aromatic rings. The van der Waals surface area contributed by atoms with Gasteiger partial charge in [0, 0.05) is 47.6 Å². The summed E-state index contributed by atoms with van der Waals surface area (Å²) in [6, 6.07) is 9.44. The molecule has 0 aromatic heterocycles. The van der Waals surface area contributed by atoms with Crippen molar-refractivity contribution < 1.29 is 17.8 Å². The summed E-state index contributed by atoms with van der Waals surface area (Å²) in [6.45, 7) is 1.36. The number of anilines is 1. The van der Waals surface area contributed by atoms with E-state index < -0.39 is 10.1 Å². The van der Waals surface area contributed by atoms with Crippen molar-refractivity contribution in [3.05, 3.63) is 36.4 Å². The fourth-order valence-electron chi connectivity index (χ4n) is 1.75. The minimum Gasteiger partial charge on any atom is -0.326 e.